The van der Waals surface area contributed by atoms with Crippen LogP contribution < -0.4 is 11.3 Å². The van der Waals surface area contributed by atoms with Crippen LogP contribution in [0.2, 0.25) is 0 Å². The summed E-state index contributed by atoms with van der Waals surface area (Å²) in [6, 6.07) is 2.92. The van der Waals surface area contributed by atoms with Gasteiger partial charge in [0.1, 0.15) is 0 Å². The number of fused-ring (bicyclic) bond motifs is 1. The van der Waals surface area contributed by atoms with Crippen molar-refractivity contribution in [1.82, 2.24) is 4.57 Å². The van der Waals surface area contributed by atoms with Crippen LogP contribution in [0, 0.1) is 5.41 Å². The summed E-state index contributed by atoms with van der Waals surface area (Å²) in [4.78, 5) is 22.8. The highest BCUT2D eigenvalue weighted by molar-refractivity contribution is 7.85. The number of nitrogens with two attached hydrogens (primary N) is 1. The number of hydrogen-bond acceptors (Lipinski definition) is 4. The Kier molecular flexibility index (Phi) is 5.14. The van der Waals surface area contributed by atoms with E-state index in [0.717, 1.165) is 16.7 Å². The molecular formula is C16H17F3N2O5S. The molecule has 0 bridgehead atoms. The van der Waals surface area contributed by atoms with Gasteiger partial charge in [-0.25, -0.2) is 0 Å². The average molecular weight is 406 g/mol. The zero-order valence-corrected chi connectivity index (χ0v) is 15.2. The van der Waals surface area contributed by atoms with E-state index in [9.17, 15) is 31.2 Å². The van der Waals surface area contributed by atoms with Gasteiger partial charge in [0.15, 0.2) is 0 Å². The second kappa shape index (κ2) is 6.64. The molecule has 0 fully saturated rings. The predicted molar refractivity (Wildman–Crippen MR) is 90.6 cm³/mol. The number of primary amides is 1. The Balaban J connectivity index is 2.82. The molecule has 0 radical (unpaired) electrons. The molecular weight excluding hydrogens is 389 g/mol. The van der Waals surface area contributed by atoms with Crippen LogP contribution >= 0.6 is 0 Å². The summed E-state index contributed by atoms with van der Waals surface area (Å²) in [6.07, 6.45) is -5.04. The van der Waals surface area contributed by atoms with Gasteiger partial charge in [0.05, 0.1) is 16.0 Å². The lowest BCUT2D eigenvalue weighted by molar-refractivity contribution is -0.136. The number of benzene rings is 1. The van der Waals surface area contributed by atoms with Gasteiger partial charge in [-0.1, -0.05) is 13.8 Å². The van der Waals surface area contributed by atoms with E-state index in [1.54, 1.807) is 13.8 Å². The molecule has 1 heterocycles. The lowest BCUT2D eigenvalue weighted by Crippen LogP contribution is -2.32. The summed E-state index contributed by atoms with van der Waals surface area (Å²) in [7, 11) is -4.75. The zero-order chi connectivity index (χ0) is 20.8. The van der Waals surface area contributed by atoms with Crippen molar-refractivity contribution in [3.8, 4) is 0 Å². The number of carbonyl (C=O) groups excluding carboxylic acids is 1. The summed E-state index contributed by atoms with van der Waals surface area (Å²) in [6.45, 7) is 3.09. The highest BCUT2D eigenvalue weighted by Crippen LogP contribution is 2.35. The third kappa shape index (κ3) is 4.66. The van der Waals surface area contributed by atoms with Gasteiger partial charge in [0.25, 0.3) is 15.7 Å². The van der Waals surface area contributed by atoms with E-state index in [4.69, 9.17) is 10.3 Å². The second-order valence-corrected chi connectivity index (χ2v) is 8.36. The quantitative estimate of drug-likeness (QED) is 0.738. The molecule has 0 saturated carbocycles. The number of carbonyl (C=O) groups is 1. The summed E-state index contributed by atoms with van der Waals surface area (Å²) < 4.78 is 72.8. The van der Waals surface area contributed by atoms with Crippen molar-refractivity contribution in [1.29, 1.82) is 0 Å². The van der Waals surface area contributed by atoms with Crippen molar-refractivity contribution in [2.24, 2.45) is 11.1 Å². The van der Waals surface area contributed by atoms with E-state index in [1.807, 2.05) is 0 Å². The minimum Gasteiger partial charge on any atom is -0.370 e. The lowest BCUT2D eigenvalue weighted by Gasteiger charge is -2.25. The SMILES string of the molecule is CC(C)(CC(N)=O)Cn1c(=O)cc(C(F)(F)F)c2cc(S(=O)(=O)O)ccc21. The molecule has 0 aliphatic heterocycles. The highest BCUT2D eigenvalue weighted by Gasteiger charge is 2.35. The van der Waals surface area contributed by atoms with Gasteiger partial charge in [0.2, 0.25) is 5.91 Å². The molecule has 2 rings (SSSR count). The maximum atomic E-state index is 13.3. The van der Waals surface area contributed by atoms with Crippen LogP contribution in [0.3, 0.4) is 0 Å². The lowest BCUT2D eigenvalue weighted by atomic mass is 9.88. The van der Waals surface area contributed by atoms with E-state index in [-0.39, 0.29) is 18.5 Å². The number of nitrogens with zero attached hydrogens (tertiary/aromatic N) is 1. The molecule has 2 aromatic rings. The Morgan fingerprint density at radius 2 is 1.81 bits per heavy atom. The third-order valence-corrected chi connectivity index (χ3v) is 4.77. The largest absolute Gasteiger partial charge is 0.417 e. The number of aromatic nitrogens is 1. The molecule has 0 unspecified atom stereocenters. The number of amides is 1. The Bertz CT molecular complexity index is 1070. The van der Waals surface area contributed by atoms with E-state index < -0.39 is 49.0 Å². The van der Waals surface area contributed by atoms with Crippen molar-refractivity contribution in [2.75, 3.05) is 0 Å². The third-order valence-electron chi connectivity index (χ3n) is 3.93. The molecule has 7 nitrogen and oxygen atoms in total. The normalized spacial score (nSPS) is 13.1. The fraction of sp³-hybridized carbons (Fsp3) is 0.375. The van der Waals surface area contributed by atoms with Crippen LogP contribution in [-0.4, -0.2) is 23.4 Å². The fourth-order valence-electron chi connectivity index (χ4n) is 2.88. The monoisotopic (exact) mass is 406 g/mol. The first-order valence-corrected chi connectivity index (χ1v) is 9.06. The molecule has 27 heavy (non-hydrogen) atoms. The molecule has 0 saturated heterocycles. The fourth-order valence-corrected chi connectivity index (χ4v) is 3.38. The van der Waals surface area contributed by atoms with Gasteiger partial charge in [0, 0.05) is 24.4 Å². The van der Waals surface area contributed by atoms with Crippen LogP contribution in [0.4, 0.5) is 13.2 Å². The van der Waals surface area contributed by atoms with Gasteiger partial charge < -0.3 is 10.3 Å². The maximum absolute atomic E-state index is 13.3. The van der Waals surface area contributed by atoms with Crippen molar-refractivity contribution in [3.63, 3.8) is 0 Å². The van der Waals surface area contributed by atoms with E-state index >= 15 is 0 Å². The average Bonchev–Trinajstić information content (AvgIpc) is 2.45. The standard InChI is InChI=1S/C16H17F3N2O5S/c1-15(2,7-13(20)22)8-21-12-4-3-9(27(24,25)26)5-10(12)11(6-14(21)23)16(17,18)19/h3-6H,7-8H2,1-2H3,(H2,20,22)(H,24,25,26). The molecule has 3 N–H and O–H groups in total. The van der Waals surface area contributed by atoms with Crippen LogP contribution in [0.25, 0.3) is 10.9 Å². The molecule has 0 aliphatic carbocycles. The molecule has 1 aromatic heterocycles. The Hall–Kier alpha value is -2.40. The van der Waals surface area contributed by atoms with Gasteiger partial charge in [-0.2, -0.15) is 21.6 Å². The van der Waals surface area contributed by atoms with Crippen molar-refractivity contribution in [2.45, 2.75) is 37.9 Å². The number of pyridine rings is 1. The minimum atomic E-state index is -4.92. The molecule has 0 aliphatic rings. The van der Waals surface area contributed by atoms with Gasteiger partial charge in [-0.05, 0) is 23.6 Å². The zero-order valence-electron chi connectivity index (χ0n) is 14.4. The highest BCUT2D eigenvalue weighted by atomic mass is 32.2. The second-order valence-electron chi connectivity index (χ2n) is 6.94. The molecule has 1 amide bonds. The topological polar surface area (TPSA) is 119 Å². The van der Waals surface area contributed by atoms with Crippen LogP contribution in [0.1, 0.15) is 25.8 Å². The minimum absolute atomic E-state index is 0.120. The number of hydrogen-bond donors (Lipinski definition) is 2. The van der Waals surface area contributed by atoms with Crippen LogP contribution in [0.5, 0.6) is 0 Å². The summed E-state index contributed by atoms with van der Waals surface area (Å²) in [5, 5.41) is -0.563. The smallest absolute Gasteiger partial charge is 0.370 e. The number of rotatable bonds is 5. The first-order valence-electron chi connectivity index (χ1n) is 7.62. The molecule has 1 aromatic carbocycles. The van der Waals surface area contributed by atoms with Crippen LogP contribution in [0.15, 0.2) is 34.0 Å². The Morgan fingerprint density at radius 1 is 1.22 bits per heavy atom. The van der Waals surface area contributed by atoms with E-state index in [0.29, 0.717) is 12.1 Å². The Labute approximate surface area is 152 Å². The molecule has 0 spiro atoms. The van der Waals surface area contributed by atoms with Gasteiger partial charge in [-0.15, -0.1) is 0 Å². The molecule has 11 heteroatoms. The van der Waals surface area contributed by atoms with Crippen LogP contribution in [-0.2, 0) is 27.6 Å². The van der Waals surface area contributed by atoms with Crippen molar-refractivity contribution < 1.29 is 30.9 Å². The summed E-state index contributed by atoms with van der Waals surface area (Å²) in [5.74, 6) is -0.641. The number of halogens is 3. The molecule has 148 valence electrons. The first kappa shape index (κ1) is 20.9. The molecule has 0 atom stereocenters. The first-order chi connectivity index (χ1) is 12.1. The summed E-state index contributed by atoms with van der Waals surface area (Å²) >= 11 is 0. The predicted octanol–water partition coefficient (Wildman–Crippen LogP) is 2.17. The van der Waals surface area contributed by atoms with Crippen molar-refractivity contribution >= 4 is 26.9 Å². The van der Waals surface area contributed by atoms with Crippen molar-refractivity contribution in [3.05, 3.63) is 40.2 Å². The summed E-state index contributed by atoms with van der Waals surface area (Å²) in [5.41, 5.74) is 1.85. The van der Waals surface area contributed by atoms with E-state index in [1.165, 1.54) is 0 Å². The van der Waals surface area contributed by atoms with E-state index in [2.05, 4.69) is 0 Å². The van der Waals surface area contributed by atoms with Gasteiger partial charge >= 0.3 is 6.18 Å². The maximum Gasteiger partial charge on any atom is 0.417 e. The number of alkyl halides is 3. The Morgan fingerprint density at radius 3 is 2.30 bits per heavy atom. The van der Waals surface area contributed by atoms with Gasteiger partial charge in [-0.3, -0.25) is 14.1 Å².